The molecule has 0 saturated carbocycles. The van der Waals surface area contributed by atoms with E-state index < -0.39 is 0 Å². The van der Waals surface area contributed by atoms with Crippen LogP contribution in [-0.4, -0.2) is 55.1 Å². The summed E-state index contributed by atoms with van der Waals surface area (Å²) in [5, 5.41) is 1.19. The Hall–Kier alpha value is -2.28. The topological polar surface area (TPSA) is 32.8 Å². The molecule has 5 rings (SSSR count). The van der Waals surface area contributed by atoms with Crippen LogP contribution in [0.25, 0.3) is 10.1 Å². The standard InChI is InChI=1S/C24H25FN2O2S/c25-20-7-3-1-5-17(20)15-26-10-9-18(16-26)22-19-6-2-4-8-21(19)30-23(22)24(28)27-11-13-29-14-12-27/h1-8,18H,9-16H2. The van der Waals surface area contributed by atoms with E-state index in [0.717, 1.165) is 34.7 Å². The lowest BCUT2D eigenvalue weighted by atomic mass is 9.94. The largest absolute Gasteiger partial charge is 0.378 e. The number of fused-ring (bicyclic) bond motifs is 1. The predicted molar refractivity (Wildman–Crippen MR) is 118 cm³/mol. The van der Waals surface area contributed by atoms with E-state index in [1.54, 1.807) is 17.4 Å². The van der Waals surface area contributed by atoms with Crippen LogP contribution in [0.5, 0.6) is 0 Å². The zero-order chi connectivity index (χ0) is 20.5. The van der Waals surface area contributed by atoms with Crippen LogP contribution in [0, 0.1) is 5.82 Å². The summed E-state index contributed by atoms with van der Waals surface area (Å²) >= 11 is 1.61. The van der Waals surface area contributed by atoms with Gasteiger partial charge in [-0.1, -0.05) is 36.4 Å². The van der Waals surface area contributed by atoms with Crippen molar-refractivity contribution in [3.05, 3.63) is 70.4 Å². The van der Waals surface area contributed by atoms with Crippen LogP contribution in [0.4, 0.5) is 4.39 Å². The molecule has 3 aromatic rings. The Kier molecular flexibility index (Phi) is 5.54. The van der Waals surface area contributed by atoms with Crippen molar-refractivity contribution in [1.29, 1.82) is 0 Å². The number of ether oxygens (including phenoxy) is 1. The van der Waals surface area contributed by atoms with Crippen molar-refractivity contribution in [3.8, 4) is 0 Å². The number of carbonyl (C=O) groups is 1. The third-order valence-corrected chi connectivity index (χ3v) is 7.33. The number of carbonyl (C=O) groups excluding carboxylic acids is 1. The van der Waals surface area contributed by atoms with Crippen LogP contribution in [0.1, 0.15) is 33.1 Å². The smallest absolute Gasteiger partial charge is 0.264 e. The van der Waals surface area contributed by atoms with Gasteiger partial charge in [-0.05, 0) is 36.0 Å². The highest BCUT2D eigenvalue weighted by atomic mass is 32.1. The highest BCUT2D eigenvalue weighted by molar-refractivity contribution is 7.21. The molecule has 30 heavy (non-hydrogen) atoms. The van der Waals surface area contributed by atoms with Gasteiger partial charge >= 0.3 is 0 Å². The highest BCUT2D eigenvalue weighted by Crippen LogP contribution is 2.41. The third kappa shape index (κ3) is 3.75. The fourth-order valence-electron chi connectivity index (χ4n) is 4.62. The fourth-order valence-corrected chi connectivity index (χ4v) is 5.88. The summed E-state index contributed by atoms with van der Waals surface area (Å²) in [7, 11) is 0. The summed E-state index contributed by atoms with van der Waals surface area (Å²) in [6.07, 6.45) is 0.985. The number of benzene rings is 2. The van der Waals surface area contributed by atoms with Crippen LogP contribution in [0.3, 0.4) is 0 Å². The molecule has 2 saturated heterocycles. The molecule has 0 N–H and O–H groups in total. The van der Waals surface area contributed by atoms with Gasteiger partial charge in [0.2, 0.25) is 0 Å². The molecule has 6 heteroatoms. The van der Waals surface area contributed by atoms with E-state index in [2.05, 4.69) is 17.0 Å². The van der Waals surface area contributed by atoms with E-state index in [-0.39, 0.29) is 17.6 Å². The van der Waals surface area contributed by atoms with Gasteiger partial charge in [0, 0.05) is 42.4 Å². The monoisotopic (exact) mass is 424 g/mol. The highest BCUT2D eigenvalue weighted by Gasteiger charge is 2.32. The first-order valence-corrected chi connectivity index (χ1v) is 11.4. The average molecular weight is 425 g/mol. The van der Waals surface area contributed by atoms with E-state index in [4.69, 9.17) is 4.74 Å². The van der Waals surface area contributed by atoms with E-state index in [0.29, 0.717) is 32.8 Å². The molecular formula is C24H25FN2O2S. The lowest BCUT2D eigenvalue weighted by molar-refractivity contribution is 0.0305. The van der Waals surface area contributed by atoms with Crippen molar-refractivity contribution in [2.24, 2.45) is 0 Å². The van der Waals surface area contributed by atoms with Gasteiger partial charge in [0.05, 0.1) is 18.1 Å². The molecule has 2 fully saturated rings. The third-order valence-electron chi connectivity index (χ3n) is 6.16. The molecule has 1 atom stereocenters. The molecule has 0 radical (unpaired) electrons. The van der Waals surface area contributed by atoms with Gasteiger partial charge in [0.15, 0.2) is 0 Å². The molecule has 156 valence electrons. The maximum Gasteiger partial charge on any atom is 0.264 e. The Morgan fingerprint density at radius 2 is 1.83 bits per heavy atom. The van der Waals surface area contributed by atoms with Gasteiger partial charge in [0.25, 0.3) is 5.91 Å². The summed E-state index contributed by atoms with van der Waals surface area (Å²) < 4.78 is 20.7. The first kappa shape index (κ1) is 19.7. The molecule has 1 unspecified atom stereocenters. The molecule has 3 heterocycles. The van der Waals surface area contributed by atoms with Crippen LogP contribution >= 0.6 is 11.3 Å². The minimum Gasteiger partial charge on any atom is -0.378 e. The summed E-state index contributed by atoms with van der Waals surface area (Å²) in [5.74, 6) is 0.264. The molecule has 2 aromatic carbocycles. The summed E-state index contributed by atoms with van der Waals surface area (Å²) in [4.78, 5) is 18.5. The quantitative estimate of drug-likeness (QED) is 0.618. The van der Waals surface area contributed by atoms with Crippen LogP contribution in [-0.2, 0) is 11.3 Å². The second kappa shape index (κ2) is 8.46. The molecule has 0 aliphatic carbocycles. The van der Waals surface area contributed by atoms with E-state index in [9.17, 15) is 9.18 Å². The number of hydrogen-bond acceptors (Lipinski definition) is 4. The molecule has 2 aliphatic rings. The lowest BCUT2D eigenvalue weighted by Crippen LogP contribution is -2.40. The average Bonchev–Trinajstić information content (AvgIpc) is 3.39. The lowest BCUT2D eigenvalue weighted by Gasteiger charge is -2.27. The number of morpholine rings is 1. The van der Waals surface area contributed by atoms with Gasteiger partial charge < -0.3 is 9.64 Å². The van der Waals surface area contributed by atoms with Crippen molar-refractivity contribution in [1.82, 2.24) is 9.80 Å². The van der Waals surface area contributed by atoms with Crippen molar-refractivity contribution in [3.63, 3.8) is 0 Å². The normalized spacial score (nSPS) is 20.2. The molecule has 0 bridgehead atoms. The number of thiophene rings is 1. The van der Waals surface area contributed by atoms with Crippen LogP contribution < -0.4 is 0 Å². The number of amides is 1. The van der Waals surface area contributed by atoms with E-state index in [1.165, 1.54) is 17.0 Å². The van der Waals surface area contributed by atoms with Crippen molar-refractivity contribution < 1.29 is 13.9 Å². The Labute approximate surface area is 179 Å². The summed E-state index contributed by atoms with van der Waals surface area (Å²) in [6.45, 7) is 4.87. The van der Waals surface area contributed by atoms with E-state index in [1.807, 2.05) is 29.2 Å². The minimum atomic E-state index is -0.148. The Balaban J connectivity index is 1.43. The van der Waals surface area contributed by atoms with E-state index >= 15 is 0 Å². The zero-order valence-electron chi connectivity index (χ0n) is 16.9. The molecule has 1 aromatic heterocycles. The summed E-state index contributed by atoms with van der Waals surface area (Å²) in [6, 6.07) is 15.3. The van der Waals surface area contributed by atoms with Crippen LogP contribution in [0.2, 0.25) is 0 Å². The SMILES string of the molecule is O=C(c1sc2ccccc2c1C1CCN(Cc2ccccc2F)C1)N1CCOCC1. The number of halogens is 1. The Bertz CT molecular complexity index is 1060. The Morgan fingerprint density at radius 1 is 1.07 bits per heavy atom. The van der Waals surface area contributed by atoms with Gasteiger partial charge in [-0.15, -0.1) is 11.3 Å². The second-order valence-corrected chi connectivity index (χ2v) is 9.11. The summed E-state index contributed by atoms with van der Waals surface area (Å²) in [5.41, 5.74) is 1.92. The maximum absolute atomic E-state index is 14.1. The maximum atomic E-state index is 14.1. The molecule has 1 amide bonds. The predicted octanol–water partition coefficient (Wildman–Crippen LogP) is 4.50. The second-order valence-electron chi connectivity index (χ2n) is 8.06. The molecule has 0 spiro atoms. The molecule has 2 aliphatic heterocycles. The number of likely N-dealkylation sites (tertiary alicyclic amines) is 1. The van der Waals surface area contributed by atoms with Crippen LogP contribution in [0.15, 0.2) is 48.5 Å². The minimum absolute atomic E-state index is 0.127. The zero-order valence-corrected chi connectivity index (χ0v) is 17.7. The molecule has 4 nitrogen and oxygen atoms in total. The number of nitrogens with zero attached hydrogens (tertiary/aromatic N) is 2. The van der Waals surface area contributed by atoms with Crippen molar-refractivity contribution in [2.75, 3.05) is 39.4 Å². The number of rotatable bonds is 4. The Morgan fingerprint density at radius 3 is 2.67 bits per heavy atom. The van der Waals surface area contributed by atoms with Gasteiger partial charge in [-0.3, -0.25) is 9.69 Å². The van der Waals surface area contributed by atoms with Gasteiger partial charge in [-0.2, -0.15) is 0 Å². The van der Waals surface area contributed by atoms with Crippen molar-refractivity contribution in [2.45, 2.75) is 18.9 Å². The van der Waals surface area contributed by atoms with Crippen molar-refractivity contribution >= 4 is 27.3 Å². The first-order chi connectivity index (χ1) is 14.7. The number of hydrogen-bond donors (Lipinski definition) is 0. The fraction of sp³-hybridized carbons (Fsp3) is 0.375. The molecular weight excluding hydrogens is 399 g/mol. The first-order valence-electron chi connectivity index (χ1n) is 10.5. The van der Waals surface area contributed by atoms with Gasteiger partial charge in [-0.25, -0.2) is 4.39 Å². The van der Waals surface area contributed by atoms with Gasteiger partial charge in [0.1, 0.15) is 5.82 Å².